The van der Waals surface area contributed by atoms with Crippen LogP contribution in [-0.4, -0.2) is 62.6 Å². The third-order valence-electron chi connectivity index (χ3n) is 3.41. The molecule has 1 aliphatic rings. The summed E-state index contributed by atoms with van der Waals surface area (Å²) >= 11 is 0. The number of rotatable bonds is 3. The van der Waals surface area contributed by atoms with E-state index >= 15 is 0 Å². The fraction of sp³-hybridized carbons (Fsp3) is 1.00. The Hall–Kier alpha value is -0.170. The summed E-state index contributed by atoms with van der Waals surface area (Å²) in [6.07, 6.45) is 1.27. The highest BCUT2D eigenvalue weighted by molar-refractivity contribution is 7.88. The first kappa shape index (κ1) is 14.9. The first-order valence-corrected chi connectivity index (χ1v) is 7.90. The third-order valence-corrected chi connectivity index (χ3v) is 4.71. The van der Waals surface area contributed by atoms with Crippen molar-refractivity contribution >= 4 is 10.0 Å². The Balaban J connectivity index is 2.63. The summed E-state index contributed by atoms with van der Waals surface area (Å²) in [5.74, 6) is 0. The van der Waals surface area contributed by atoms with Crippen LogP contribution < -0.4 is 5.73 Å². The van der Waals surface area contributed by atoms with Crippen molar-refractivity contribution in [2.45, 2.75) is 26.8 Å². The van der Waals surface area contributed by atoms with E-state index in [-0.39, 0.29) is 5.41 Å². The second kappa shape index (κ2) is 5.22. The lowest BCUT2D eigenvalue weighted by molar-refractivity contribution is 0.0730. The van der Waals surface area contributed by atoms with Crippen LogP contribution in [0.5, 0.6) is 0 Å². The van der Waals surface area contributed by atoms with Gasteiger partial charge in [-0.3, -0.25) is 4.90 Å². The van der Waals surface area contributed by atoms with E-state index in [1.54, 1.807) is 4.31 Å². The SMILES string of the molecule is CC(C)(C)C(CN)N1CCN(S(C)(=O)=O)CC1. The predicted molar refractivity (Wildman–Crippen MR) is 70.3 cm³/mol. The van der Waals surface area contributed by atoms with Gasteiger partial charge >= 0.3 is 0 Å². The quantitative estimate of drug-likeness (QED) is 0.774. The molecule has 0 radical (unpaired) electrons. The topological polar surface area (TPSA) is 66.6 Å². The van der Waals surface area contributed by atoms with Gasteiger partial charge in [0.1, 0.15) is 0 Å². The molecule has 5 nitrogen and oxygen atoms in total. The average molecular weight is 263 g/mol. The van der Waals surface area contributed by atoms with Crippen LogP contribution in [0.25, 0.3) is 0 Å². The lowest BCUT2D eigenvalue weighted by Crippen LogP contribution is -2.57. The van der Waals surface area contributed by atoms with E-state index in [4.69, 9.17) is 5.73 Å². The van der Waals surface area contributed by atoms with Gasteiger partial charge in [-0.2, -0.15) is 4.31 Å². The average Bonchev–Trinajstić information content (AvgIpc) is 2.16. The summed E-state index contributed by atoms with van der Waals surface area (Å²) in [5, 5.41) is 0. The molecule has 0 amide bonds. The van der Waals surface area contributed by atoms with Crippen molar-refractivity contribution < 1.29 is 8.42 Å². The molecule has 0 aromatic heterocycles. The maximum Gasteiger partial charge on any atom is 0.211 e. The van der Waals surface area contributed by atoms with Crippen LogP contribution in [0.15, 0.2) is 0 Å². The van der Waals surface area contributed by atoms with Crippen LogP contribution in [0.1, 0.15) is 20.8 Å². The summed E-state index contributed by atoms with van der Waals surface area (Å²) in [6, 6.07) is 0.309. The minimum atomic E-state index is -3.04. The van der Waals surface area contributed by atoms with Crippen molar-refractivity contribution in [1.29, 1.82) is 0 Å². The molecule has 1 fully saturated rings. The van der Waals surface area contributed by atoms with Gasteiger partial charge in [0.05, 0.1) is 6.26 Å². The maximum absolute atomic E-state index is 11.4. The van der Waals surface area contributed by atoms with E-state index in [0.29, 0.717) is 25.7 Å². The van der Waals surface area contributed by atoms with E-state index in [1.807, 2.05) is 0 Å². The molecule has 17 heavy (non-hydrogen) atoms. The van der Waals surface area contributed by atoms with E-state index in [2.05, 4.69) is 25.7 Å². The number of nitrogens with zero attached hydrogens (tertiary/aromatic N) is 2. The van der Waals surface area contributed by atoms with Crippen molar-refractivity contribution in [1.82, 2.24) is 9.21 Å². The van der Waals surface area contributed by atoms with Gasteiger partial charge in [-0.05, 0) is 5.41 Å². The highest BCUT2D eigenvalue weighted by Gasteiger charge is 2.32. The molecule has 6 heteroatoms. The summed E-state index contributed by atoms with van der Waals surface area (Å²) in [6.45, 7) is 9.83. The van der Waals surface area contributed by atoms with Gasteiger partial charge in [0.25, 0.3) is 0 Å². The second-order valence-corrected chi connectivity index (χ2v) is 7.80. The largest absolute Gasteiger partial charge is 0.329 e. The zero-order chi connectivity index (χ0) is 13.3. The predicted octanol–water partition coefficient (Wildman–Crippen LogP) is -0.0630. The zero-order valence-corrected chi connectivity index (χ0v) is 12.1. The maximum atomic E-state index is 11.4. The normalized spacial score (nSPS) is 22.6. The summed E-state index contributed by atoms with van der Waals surface area (Å²) in [7, 11) is -3.04. The molecule has 0 aliphatic carbocycles. The van der Waals surface area contributed by atoms with Crippen molar-refractivity contribution in [2.75, 3.05) is 39.0 Å². The Morgan fingerprint density at radius 3 is 1.94 bits per heavy atom. The Kier molecular flexibility index (Phi) is 4.57. The summed E-state index contributed by atoms with van der Waals surface area (Å²) < 4.78 is 24.4. The Labute approximate surface area is 105 Å². The minimum absolute atomic E-state index is 0.127. The van der Waals surface area contributed by atoms with E-state index in [9.17, 15) is 8.42 Å². The van der Waals surface area contributed by atoms with Crippen molar-refractivity contribution in [2.24, 2.45) is 11.1 Å². The molecule has 1 unspecified atom stereocenters. The van der Waals surface area contributed by atoms with Crippen molar-refractivity contribution in [3.05, 3.63) is 0 Å². The molecular formula is C11H25N3O2S. The van der Waals surface area contributed by atoms with Crippen LogP contribution in [0.2, 0.25) is 0 Å². The monoisotopic (exact) mass is 263 g/mol. The Morgan fingerprint density at radius 2 is 1.65 bits per heavy atom. The number of sulfonamides is 1. The van der Waals surface area contributed by atoms with Crippen molar-refractivity contribution in [3.8, 4) is 0 Å². The fourth-order valence-electron chi connectivity index (χ4n) is 2.40. The Bertz CT molecular complexity index is 340. The molecule has 1 atom stereocenters. The number of nitrogens with two attached hydrogens (primary N) is 1. The summed E-state index contributed by atoms with van der Waals surface area (Å²) in [4.78, 5) is 2.31. The van der Waals surface area contributed by atoms with Gasteiger partial charge in [-0.25, -0.2) is 8.42 Å². The number of hydrogen-bond donors (Lipinski definition) is 1. The van der Waals surface area contributed by atoms with Gasteiger partial charge in [0.15, 0.2) is 0 Å². The van der Waals surface area contributed by atoms with Gasteiger partial charge in [-0.15, -0.1) is 0 Å². The first-order valence-electron chi connectivity index (χ1n) is 6.05. The molecule has 1 rings (SSSR count). The molecule has 0 aromatic carbocycles. The van der Waals surface area contributed by atoms with Gasteiger partial charge < -0.3 is 5.73 Å². The molecule has 1 saturated heterocycles. The molecule has 1 heterocycles. The van der Waals surface area contributed by atoms with E-state index in [0.717, 1.165) is 13.1 Å². The molecule has 102 valence electrons. The molecule has 0 spiro atoms. The van der Waals surface area contributed by atoms with E-state index < -0.39 is 10.0 Å². The van der Waals surface area contributed by atoms with Crippen LogP contribution in [0.3, 0.4) is 0 Å². The standard InChI is InChI=1S/C11H25N3O2S/c1-11(2,3)10(9-12)13-5-7-14(8-6-13)17(4,15)16/h10H,5-9,12H2,1-4H3. The lowest BCUT2D eigenvalue weighted by atomic mass is 9.85. The van der Waals surface area contributed by atoms with E-state index in [1.165, 1.54) is 6.26 Å². The zero-order valence-electron chi connectivity index (χ0n) is 11.3. The number of hydrogen-bond acceptors (Lipinski definition) is 4. The van der Waals surface area contributed by atoms with Gasteiger partial charge in [-0.1, -0.05) is 20.8 Å². The fourth-order valence-corrected chi connectivity index (χ4v) is 3.22. The van der Waals surface area contributed by atoms with Crippen LogP contribution in [0.4, 0.5) is 0 Å². The molecule has 0 saturated carbocycles. The smallest absolute Gasteiger partial charge is 0.211 e. The first-order chi connectivity index (χ1) is 7.66. The highest BCUT2D eigenvalue weighted by Crippen LogP contribution is 2.24. The second-order valence-electron chi connectivity index (χ2n) is 5.82. The third kappa shape index (κ3) is 3.91. The molecule has 0 bridgehead atoms. The van der Waals surface area contributed by atoms with Crippen molar-refractivity contribution in [3.63, 3.8) is 0 Å². The highest BCUT2D eigenvalue weighted by atomic mass is 32.2. The van der Waals surface area contributed by atoms with Crippen LogP contribution in [-0.2, 0) is 10.0 Å². The molecular weight excluding hydrogens is 238 g/mol. The molecule has 0 aromatic rings. The molecule has 2 N–H and O–H groups in total. The van der Waals surface area contributed by atoms with Crippen LogP contribution >= 0.6 is 0 Å². The van der Waals surface area contributed by atoms with Gasteiger partial charge in [0.2, 0.25) is 10.0 Å². The molecule has 1 aliphatic heterocycles. The number of piperazine rings is 1. The summed E-state index contributed by atoms with van der Waals surface area (Å²) in [5.41, 5.74) is 5.96. The Morgan fingerprint density at radius 1 is 1.18 bits per heavy atom. The lowest BCUT2D eigenvalue weighted by Gasteiger charge is -2.43. The van der Waals surface area contributed by atoms with Crippen LogP contribution in [0, 0.1) is 5.41 Å². The van der Waals surface area contributed by atoms with Gasteiger partial charge in [0, 0.05) is 38.8 Å². The minimum Gasteiger partial charge on any atom is -0.329 e.